The fraction of sp³-hybridized carbons (Fsp3) is 0.353. The fourth-order valence-corrected chi connectivity index (χ4v) is 2.74. The summed E-state index contributed by atoms with van der Waals surface area (Å²) >= 11 is 0. The van der Waals surface area contributed by atoms with Crippen LogP contribution in [0.3, 0.4) is 0 Å². The van der Waals surface area contributed by atoms with Crippen molar-refractivity contribution in [3.63, 3.8) is 0 Å². The van der Waals surface area contributed by atoms with Gasteiger partial charge in [0.1, 0.15) is 0 Å². The van der Waals surface area contributed by atoms with Crippen molar-refractivity contribution < 1.29 is 14.0 Å². The summed E-state index contributed by atoms with van der Waals surface area (Å²) in [4.78, 5) is 32.3. The van der Waals surface area contributed by atoms with Gasteiger partial charge in [0.2, 0.25) is 0 Å². The van der Waals surface area contributed by atoms with Crippen molar-refractivity contribution in [3.05, 3.63) is 54.2 Å². The van der Waals surface area contributed by atoms with Gasteiger partial charge in [0, 0.05) is 45.1 Å². The van der Waals surface area contributed by atoms with Crippen LogP contribution in [0.2, 0.25) is 0 Å². The SMILES string of the molecule is O=C(C(=O)N1CCCN(Cc2ccncc2)CC1)c1ccco1. The molecule has 2 aromatic heterocycles. The van der Waals surface area contributed by atoms with E-state index in [4.69, 9.17) is 4.42 Å². The third-order valence-corrected chi connectivity index (χ3v) is 3.97. The summed E-state index contributed by atoms with van der Waals surface area (Å²) in [5, 5.41) is 0. The molecule has 6 nitrogen and oxygen atoms in total. The molecule has 0 spiro atoms. The van der Waals surface area contributed by atoms with Crippen LogP contribution in [0.25, 0.3) is 0 Å². The molecule has 0 radical (unpaired) electrons. The van der Waals surface area contributed by atoms with E-state index in [0.717, 1.165) is 26.1 Å². The summed E-state index contributed by atoms with van der Waals surface area (Å²) in [6.45, 7) is 3.63. The highest BCUT2D eigenvalue weighted by atomic mass is 16.3. The Morgan fingerprint density at radius 3 is 2.65 bits per heavy atom. The molecule has 120 valence electrons. The molecule has 1 fully saturated rings. The summed E-state index contributed by atoms with van der Waals surface area (Å²) in [6.07, 6.45) is 5.82. The molecule has 0 aromatic carbocycles. The third kappa shape index (κ3) is 3.84. The predicted molar refractivity (Wildman–Crippen MR) is 83.7 cm³/mol. The van der Waals surface area contributed by atoms with E-state index in [9.17, 15) is 9.59 Å². The number of rotatable bonds is 4. The normalized spacial score (nSPS) is 16.1. The van der Waals surface area contributed by atoms with Crippen LogP contribution >= 0.6 is 0 Å². The van der Waals surface area contributed by atoms with E-state index in [0.29, 0.717) is 13.1 Å². The summed E-state index contributed by atoms with van der Waals surface area (Å²) in [5.74, 6) is -0.948. The van der Waals surface area contributed by atoms with Crippen molar-refractivity contribution in [1.82, 2.24) is 14.8 Å². The quantitative estimate of drug-likeness (QED) is 0.633. The summed E-state index contributed by atoms with van der Waals surface area (Å²) in [7, 11) is 0. The number of pyridine rings is 1. The molecule has 1 saturated heterocycles. The maximum atomic E-state index is 12.3. The molecule has 2 aromatic rings. The number of furan rings is 1. The molecular formula is C17H19N3O3. The van der Waals surface area contributed by atoms with Gasteiger partial charge in [-0.15, -0.1) is 0 Å². The molecule has 0 unspecified atom stereocenters. The molecular weight excluding hydrogens is 294 g/mol. The van der Waals surface area contributed by atoms with Gasteiger partial charge < -0.3 is 9.32 Å². The fourth-order valence-electron chi connectivity index (χ4n) is 2.74. The van der Waals surface area contributed by atoms with Crippen LogP contribution < -0.4 is 0 Å². The maximum absolute atomic E-state index is 12.3. The second kappa shape index (κ2) is 7.19. The molecule has 0 saturated carbocycles. The number of carbonyl (C=O) groups excluding carboxylic acids is 2. The summed E-state index contributed by atoms with van der Waals surface area (Å²) in [6, 6.07) is 7.12. The molecule has 1 aliphatic rings. The van der Waals surface area contributed by atoms with Crippen molar-refractivity contribution in [2.75, 3.05) is 26.2 Å². The molecule has 6 heteroatoms. The van der Waals surface area contributed by atoms with Crippen molar-refractivity contribution in [1.29, 1.82) is 0 Å². The van der Waals surface area contributed by atoms with E-state index < -0.39 is 11.7 Å². The predicted octanol–water partition coefficient (Wildman–Crippen LogP) is 1.59. The zero-order valence-electron chi connectivity index (χ0n) is 12.9. The van der Waals surface area contributed by atoms with E-state index in [1.54, 1.807) is 23.4 Å². The van der Waals surface area contributed by atoms with Crippen LogP contribution in [-0.2, 0) is 11.3 Å². The minimum Gasteiger partial charge on any atom is -0.461 e. The highest BCUT2D eigenvalue weighted by Gasteiger charge is 2.26. The lowest BCUT2D eigenvalue weighted by atomic mass is 10.2. The van der Waals surface area contributed by atoms with Gasteiger partial charge in [-0.05, 0) is 36.2 Å². The van der Waals surface area contributed by atoms with E-state index in [2.05, 4.69) is 9.88 Å². The lowest BCUT2D eigenvalue weighted by Gasteiger charge is -2.21. The lowest BCUT2D eigenvalue weighted by molar-refractivity contribution is -0.126. The molecule has 0 aliphatic carbocycles. The molecule has 0 atom stereocenters. The van der Waals surface area contributed by atoms with Gasteiger partial charge in [-0.3, -0.25) is 19.5 Å². The van der Waals surface area contributed by atoms with Crippen LogP contribution in [0, 0.1) is 0 Å². The first-order valence-electron chi connectivity index (χ1n) is 7.72. The number of hydrogen-bond acceptors (Lipinski definition) is 5. The number of hydrogen-bond donors (Lipinski definition) is 0. The van der Waals surface area contributed by atoms with Crippen LogP contribution in [0.5, 0.6) is 0 Å². The molecule has 23 heavy (non-hydrogen) atoms. The van der Waals surface area contributed by atoms with Crippen molar-refractivity contribution in [2.24, 2.45) is 0 Å². The van der Waals surface area contributed by atoms with Crippen molar-refractivity contribution in [2.45, 2.75) is 13.0 Å². The first-order valence-corrected chi connectivity index (χ1v) is 7.72. The molecule has 3 heterocycles. The molecule has 0 N–H and O–H groups in total. The van der Waals surface area contributed by atoms with Crippen LogP contribution in [0.4, 0.5) is 0 Å². The lowest BCUT2D eigenvalue weighted by Crippen LogP contribution is -2.39. The Kier molecular flexibility index (Phi) is 4.83. The van der Waals surface area contributed by atoms with Gasteiger partial charge >= 0.3 is 0 Å². The minimum absolute atomic E-state index is 0.105. The second-order valence-corrected chi connectivity index (χ2v) is 5.58. The summed E-state index contributed by atoms with van der Waals surface area (Å²) < 4.78 is 5.03. The smallest absolute Gasteiger partial charge is 0.298 e. The van der Waals surface area contributed by atoms with Gasteiger partial charge in [0.25, 0.3) is 11.7 Å². The Morgan fingerprint density at radius 1 is 1.09 bits per heavy atom. The minimum atomic E-state index is -0.572. The summed E-state index contributed by atoms with van der Waals surface area (Å²) in [5.41, 5.74) is 1.20. The Labute approximate surface area is 134 Å². The number of ketones is 1. The van der Waals surface area contributed by atoms with E-state index in [1.165, 1.54) is 17.9 Å². The zero-order chi connectivity index (χ0) is 16.1. The van der Waals surface area contributed by atoms with Crippen LogP contribution in [-0.4, -0.2) is 52.7 Å². The molecule has 1 aliphatic heterocycles. The molecule has 1 amide bonds. The van der Waals surface area contributed by atoms with E-state index >= 15 is 0 Å². The Balaban J connectivity index is 1.58. The average molecular weight is 313 g/mol. The Morgan fingerprint density at radius 2 is 1.91 bits per heavy atom. The molecule has 3 rings (SSSR count). The van der Waals surface area contributed by atoms with E-state index in [-0.39, 0.29) is 5.76 Å². The number of aromatic nitrogens is 1. The standard InChI is InChI=1S/C17H19N3O3/c21-16(15-3-1-12-23-15)17(22)20-9-2-8-19(10-11-20)13-14-4-6-18-7-5-14/h1,3-7,12H,2,8-11,13H2. The van der Waals surface area contributed by atoms with Crippen LogP contribution in [0.15, 0.2) is 47.3 Å². The second-order valence-electron chi connectivity index (χ2n) is 5.58. The highest BCUT2D eigenvalue weighted by molar-refractivity contribution is 6.41. The largest absolute Gasteiger partial charge is 0.461 e. The van der Waals surface area contributed by atoms with Gasteiger partial charge in [0.05, 0.1) is 6.26 Å². The van der Waals surface area contributed by atoms with Crippen molar-refractivity contribution in [3.8, 4) is 0 Å². The number of nitrogens with zero attached hydrogens (tertiary/aromatic N) is 3. The first-order chi connectivity index (χ1) is 11.2. The van der Waals surface area contributed by atoms with Crippen LogP contribution in [0.1, 0.15) is 22.5 Å². The van der Waals surface area contributed by atoms with Gasteiger partial charge in [-0.2, -0.15) is 0 Å². The average Bonchev–Trinajstić information content (AvgIpc) is 3.02. The van der Waals surface area contributed by atoms with Gasteiger partial charge in [0.15, 0.2) is 5.76 Å². The molecule has 0 bridgehead atoms. The third-order valence-electron chi connectivity index (χ3n) is 3.97. The number of carbonyl (C=O) groups is 2. The number of amides is 1. The van der Waals surface area contributed by atoms with Crippen molar-refractivity contribution >= 4 is 11.7 Å². The topological polar surface area (TPSA) is 66.7 Å². The first kappa shape index (κ1) is 15.4. The van der Waals surface area contributed by atoms with E-state index in [1.807, 2.05) is 12.1 Å². The zero-order valence-corrected chi connectivity index (χ0v) is 12.9. The maximum Gasteiger partial charge on any atom is 0.298 e. The Hall–Kier alpha value is -2.47. The highest BCUT2D eigenvalue weighted by Crippen LogP contribution is 2.11. The van der Waals surface area contributed by atoms with Gasteiger partial charge in [-0.25, -0.2) is 0 Å². The van der Waals surface area contributed by atoms with Gasteiger partial charge in [-0.1, -0.05) is 0 Å². The Bertz CT molecular complexity index is 655. The number of Topliss-reactive ketones (excluding diaryl/α,β-unsaturated/α-hetero) is 1. The monoisotopic (exact) mass is 313 g/mol.